The number of furan rings is 1. The van der Waals surface area contributed by atoms with E-state index in [1.54, 1.807) is 12.3 Å². The highest BCUT2D eigenvalue weighted by Crippen LogP contribution is 2.14. The summed E-state index contributed by atoms with van der Waals surface area (Å²) in [6.45, 7) is 1.44. The maximum absolute atomic E-state index is 10.6. The molecule has 0 radical (unpaired) electrons. The topological polar surface area (TPSA) is 53.7 Å². The molecular weight excluding hydrogens is 254 g/mol. The second-order valence-electron chi connectivity index (χ2n) is 4.62. The third-order valence-corrected chi connectivity index (χ3v) is 2.91. The predicted molar refractivity (Wildman–Crippen MR) is 77.0 cm³/mol. The summed E-state index contributed by atoms with van der Waals surface area (Å²) in [6, 6.07) is 11.6. The second-order valence-corrected chi connectivity index (χ2v) is 4.62. The van der Waals surface area contributed by atoms with Gasteiger partial charge in [-0.2, -0.15) is 0 Å². The van der Waals surface area contributed by atoms with Gasteiger partial charge in [-0.1, -0.05) is 24.3 Å². The molecule has 0 aliphatic carbocycles. The summed E-state index contributed by atoms with van der Waals surface area (Å²) < 4.78 is 5.32. The van der Waals surface area contributed by atoms with Gasteiger partial charge in [0.05, 0.1) is 12.8 Å². The van der Waals surface area contributed by atoms with Crippen LogP contribution in [0.3, 0.4) is 0 Å². The summed E-state index contributed by atoms with van der Waals surface area (Å²) in [5.74, 6) is -0.0326. The molecule has 1 heterocycles. The normalized spacial score (nSPS) is 11.3. The van der Waals surface area contributed by atoms with Gasteiger partial charge in [0, 0.05) is 12.6 Å². The molecule has 4 heteroatoms. The summed E-state index contributed by atoms with van der Waals surface area (Å²) in [5, 5.41) is 8.71. The molecule has 0 saturated heterocycles. The Hall–Kier alpha value is -2.33. The molecule has 1 N–H and O–H groups in total. The van der Waals surface area contributed by atoms with Gasteiger partial charge in [0.1, 0.15) is 5.76 Å². The molecule has 4 nitrogen and oxygen atoms in total. The fraction of sp³-hybridized carbons (Fsp3) is 0.188. The summed E-state index contributed by atoms with van der Waals surface area (Å²) >= 11 is 0. The van der Waals surface area contributed by atoms with Crippen molar-refractivity contribution >= 4 is 12.0 Å². The Morgan fingerprint density at radius 1 is 1.25 bits per heavy atom. The highest BCUT2D eigenvalue weighted by molar-refractivity contribution is 5.85. The lowest BCUT2D eigenvalue weighted by molar-refractivity contribution is -0.131. The molecule has 104 valence electrons. The summed E-state index contributed by atoms with van der Waals surface area (Å²) in [7, 11) is 2.00. The zero-order valence-corrected chi connectivity index (χ0v) is 11.3. The molecule has 0 unspecified atom stereocenters. The molecule has 0 spiro atoms. The van der Waals surface area contributed by atoms with Crippen molar-refractivity contribution in [3.8, 4) is 0 Å². The Morgan fingerprint density at radius 3 is 2.75 bits per heavy atom. The van der Waals surface area contributed by atoms with Gasteiger partial charge in [0.25, 0.3) is 0 Å². The molecule has 0 atom stereocenters. The fourth-order valence-electron chi connectivity index (χ4n) is 2.02. The van der Waals surface area contributed by atoms with E-state index in [1.807, 2.05) is 43.4 Å². The van der Waals surface area contributed by atoms with E-state index in [9.17, 15) is 4.79 Å². The number of hydrogen-bond acceptors (Lipinski definition) is 3. The van der Waals surface area contributed by atoms with Gasteiger partial charge in [-0.15, -0.1) is 0 Å². The largest absolute Gasteiger partial charge is 0.478 e. The van der Waals surface area contributed by atoms with Crippen molar-refractivity contribution < 1.29 is 14.3 Å². The number of carboxylic acid groups (broad SMARTS) is 1. The van der Waals surface area contributed by atoms with Crippen molar-refractivity contribution in [2.75, 3.05) is 7.05 Å². The van der Waals surface area contributed by atoms with Crippen molar-refractivity contribution in [2.24, 2.45) is 0 Å². The third kappa shape index (κ3) is 4.10. The van der Waals surface area contributed by atoms with E-state index in [0.717, 1.165) is 29.5 Å². The zero-order valence-electron chi connectivity index (χ0n) is 11.3. The van der Waals surface area contributed by atoms with E-state index < -0.39 is 5.97 Å². The van der Waals surface area contributed by atoms with Gasteiger partial charge in [-0.3, -0.25) is 4.90 Å². The molecule has 2 aromatic rings. The first-order valence-corrected chi connectivity index (χ1v) is 6.35. The van der Waals surface area contributed by atoms with E-state index in [0.29, 0.717) is 6.54 Å². The molecular formula is C16H17NO3. The van der Waals surface area contributed by atoms with E-state index in [2.05, 4.69) is 4.90 Å². The molecule has 1 aromatic carbocycles. The molecule has 0 saturated carbocycles. The van der Waals surface area contributed by atoms with Gasteiger partial charge < -0.3 is 9.52 Å². The van der Waals surface area contributed by atoms with Crippen LogP contribution >= 0.6 is 0 Å². The smallest absolute Gasteiger partial charge is 0.328 e. The first-order chi connectivity index (χ1) is 9.65. The first-order valence-electron chi connectivity index (χ1n) is 6.35. The average Bonchev–Trinajstić information content (AvgIpc) is 2.90. The molecule has 20 heavy (non-hydrogen) atoms. The summed E-state index contributed by atoms with van der Waals surface area (Å²) in [5.41, 5.74) is 2.00. The lowest BCUT2D eigenvalue weighted by Crippen LogP contribution is -2.17. The molecule has 0 amide bonds. The van der Waals surface area contributed by atoms with Gasteiger partial charge in [-0.05, 0) is 36.4 Å². The molecule has 1 aromatic heterocycles. The number of carbonyl (C=O) groups is 1. The van der Waals surface area contributed by atoms with Crippen LogP contribution in [0.25, 0.3) is 6.08 Å². The quantitative estimate of drug-likeness (QED) is 0.821. The molecule has 0 aliphatic rings. The zero-order chi connectivity index (χ0) is 14.4. The highest BCUT2D eigenvalue weighted by atomic mass is 16.4. The Labute approximate surface area is 117 Å². The van der Waals surface area contributed by atoms with Crippen LogP contribution in [0.5, 0.6) is 0 Å². The Morgan fingerprint density at radius 2 is 2.05 bits per heavy atom. The van der Waals surface area contributed by atoms with Crippen LogP contribution in [0.15, 0.2) is 53.2 Å². The number of rotatable bonds is 6. The minimum atomic E-state index is -0.941. The lowest BCUT2D eigenvalue weighted by Gasteiger charge is -2.16. The SMILES string of the molecule is CN(Cc1ccco1)Cc1ccccc1C=CC(=O)O. The summed E-state index contributed by atoms with van der Waals surface area (Å²) in [4.78, 5) is 12.7. The van der Waals surface area contributed by atoms with Crippen molar-refractivity contribution in [2.45, 2.75) is 13.1 Å². The summed E-state index contributed by atoms with van der Waals surface area (Å²) in [6.07, 6.45) is 4.44. The van der Waals surface area contributed by atoms with Gasteiger partial charge in [0.15, 0.2) is 0 Å². The number of nitrogens with zero attached hydrogens (tertiary/aromatic N) is 1. The monoisotopic (exact) mass is 271 g/mol. The predicted octanol–water partition coefficient (Wildman–Crippen LogP) is 3.01. The number of hydrogen-bond donors (Lipinski definition) is 1. The maximum atomic E-state index is 10.6. The Kier molecular flexibility index (Phi) is 4.74. The molecule has 2 rings (SSSR count). The van der Waals surface area contributed by atoms with E-state index in [4.69, 9.17) is 9.52 Å². The lowest BCUT2D eigenvalue weighted by atomic mass is 10.1. The van der Waals surface area contributed by atoms with Crippen LogP contribution in [0, 0.1) is 0 Å². The van der Waals surface area contributed by atoms with Crippen molar-refractivity contribution in [1.29, 1.82) is 0 Å². The minimum Gasteiger partial charge on any atom is -0.478 e. The standard InChI is InChI=1S/C16H17NO3/c1-17(12-15-7-4-10-20-15)11-14-6-3-2-5-13(14)8-9-16(18)19/h2-10H,11-12H2,1H3,(H,18,19). The second kappa shape index (κ2) is 6.73. The molecule has 0 bridgehead atoms. The van der Waals surface area contributed by atoms with Crippen molar-refractivity contribution in [1.82, 2.24) is 4.90 Å². The van der Waals surface area contributed by atoms with Crippen LogP contribution < -0.4 is 0 Å². The van der Waals surface area contributed by atoms with Crippen molar-refractivity contribution in [3.63, 3.8) is 0 Å². The van der Waals surface area contributed by atoms with Crippen LogP contribution in [0.1, 0.15) is 16.9 Å². The van der Waals surface area contributed by atoms with Gasteiger partial charge in [-0.25, -0.2) is 4.79 Å². The Bertz CT molecular complexity index is 588. The van der Waals surface area contributed by atoms with Gasteiger partial charge in [0.2, 0.25) is 0 Å². The number of benzene rings is 1. The van der Waals surface area contributed by atoms with Crippen molar-refractivity contribution in [3.05, 3.63) is 65.6 Å². The maximum Gasteiger partial charge on any atom is 0.328 e. The highest BCUT2D eigenvalue weighted by Gasteiger charge is 2.06. The van der Waals surface area contributed by atoms with Crippen LogP contribution in [0.2, 0.25) is 0 Å². The minimum absolute atomic E-state index is 0.712. The molecule has 0 aliphatic heterocycles. The first kappa shape index (κ1) is 14.1. The third-order valence-electron chi connectivity index (χ3n) is 2.91. The van der Waals surface area contributed by atoms with Crippen LogP contribution in [-0.4, -0.2) is 23.0 Å². The Balaban J connectivity index is 2.06. The molecule has 0 fully saturated rings. The van der Waals surface area contributed by atoms with Crippen LogP contribution in [0.4, 0.5) is 0 Å². The van der Waals surface area contributed by atoms with E-state index in [1.165, 1.54) is 0 Å². The fourth-order valence-corrected chi connectivity index (χ4v) is 2.02. The van der Waals surface area contributed by atoms with E-state index >= 15 is 0 Å². The average molecular weight is 271 g/mol. The van der Waals surface area contributed by atoms with Crippen LogP contribution in [-0.2, 0) is 17.9 Å². The number of aliphatic carboxylic acids is 1. The van der Waals surface area contributed by atoms with E-state index in [-0.39, 0.29) is 0 Å². The number of carboxylic acids is 1. The van der Waals surface area contributed by atoms with Gasteiger partial charge >= 0.3 is 5.97 Å².